The van der Waals surface area contributed by atoms with Gasteiger partial charge in [0.1, 0.15) is 5.82 Å². The Bertz CT molecular complexity index is 547. The molecule has 0 radical (unpaired) electrons. The summed E-state index contributed by atoms with van der Waals surface area (Å²) in [6.07, 6.45) is 0.779. The Kier molecular flexibility index (Phi) is 5.27. The third-order valence-electron chi connectivity index (χ3n) is 4.79. The van der Waals surface area contributed by atoms with Gasteiger partial charge in [0.25, 0.3) is 0 Å². The Balaban J connectivity index is 2.03. The number of rotatable bonds is 5. The van der Waals surface area contributed by atoms with E-state index in [1.165, 1.54) is 11.5 Å². The van der Waals surface area contributed by atoms with Crippen LogP contribution in [0.5, 0.6) is 0 Å². The van der Waals surface area contributed by atoms with Crippen LogP contribution in [0, 0.1) is 16.7 Å². The molecule has 0 saturated carbocycles. The molecule has 0 bridgehead atoms. The molecule has 130 valence electrons. The summed E-state index contributed by atoms with van der Waals surface area (Å²) in [5, 5.41) is 22.6. The minimum absolute atomic E-state index is 0.0782. The highest BCUT2D eigenvalue weighted by molar-refractivity contribution is 7.09. The van der Waals surface area contributed by atoms with Crippen molar-refractivity contribution in [2.75, 3.05) is 31.6 Å². The molecule has 2 rings (SSSR count). The van der Waals surface area contributed by atoms with Crippen LogP contribution in [0.25, 0.3) is 0 Å². The number of nitrogens with one attached hydrogen (secondary N) is 1. The first kappa shape index (κ1) is 18.1. The summed E-state index contributed by atoms with van der Waals surface area (Å²) in [4.78, 5) is 18.4. The monoisotopic (exact) mass is 342 g/mol. The molecule has 1 aliphatic rings. The summed E-state index contributed by atoms with van der Waals surface area (Å²) in [5.41, 5.74) is -1.05. The van der Waals surface area contributed by atoms with Crippen LogP contribution in [-0.2, 0) is 6.42 Å². The molecule has 0 unspecified atom stereocenters. The predicted octanol–water partition coefficient (Wildman–Crippen LogP) is 1.58. The fourth-order valence-corrected chi connectivity index (χ4v) is 3.42. The van der Waals surface area contributed by atoms with Gasteiger partial charge < -0.3 is 15.1 Å². The number of aliphatic hydroxyl groups is 2. The topological polar surface area (TPSA) is 98.6 Å². The Morgan fingerprint density at radius 2 is 1.87 bits per heavy atom. The molecule has 2 amide bonds. The molecule has 8 heteroatoms. The summed E-state index contributed by atoms with van der Waals surface area (Å²) in [7, 11) is 0. The minimum Gasteiger partial charge on any atom is -0.396 e. The van der Waals surface area contributed by atoms with E-state index in [1.54, 1.807) is 4.90 Å². The lowest BCUT2D eigenvalue weighted by Crippen LogP contribution is -2.41. The average molecular weight is 342 g/mol. The number of aromatic nitrogens is 2. The lowest BCUT2D eigenvalue weighted by atomic mass is 9.69. The molecule has 1 aromatic heterocycles. The average Bonchev–Trinajstić information content (AvgIpc) is 3.02. The standard InChI is InChI=1S/C15H26N4O3S/c1-10(2)5-11-16-12(23-18-11)17-13(22)19-6-14(3,8-20)15(4,7-19)9-21/h10,20-21H,5-9H2,1-4H3,(H,16,17,18,22)/t14-,15+. The van der Waals surface area contributed by atoms with Crippen molar-refractivity contribution in [3.8, 4) is 0 Å². The van der Waals surface area contributed by atoms with Crippen LogP contribution in [0.2, 0.25) is 0 Å². The normalized spacial score (nSPS) is 27.7. The second kappa shape index (κ2) is 6.70. The van der Waals surface area contributed by atoms with Crippen LogP contribution in [0.3, 0.4) is 0 Å². The molecule has 1 fully saturated rings. The summed E-state index contributed by atoms with van der Waals surface area (Å²) < 4.78 is 4.24. The first-order chi connectivity index (χ1) is 10.7. The van der Waals surface area contributed by atoms with E-state index in [-0.39, 0.29) is 19.2 Å². The maximum absolute atomic E-state index is 12.4. The van der Waals surface area contributed by atoms with Gasteiger partial charge in [0.15, 0.2) is 0 Å². The van der Waals surface area contributed by atoms with Crippen molar-refractivity contribution >= 4 is 22.7 Å². The highest BCUT2D eigenvalue weighted by Crippen LogP contribution is 2.45. The molecule has 0 aliphatic carbocycles. The number of urea groups is 1. The van der Waals surface area contributed by atoms with Gasteiger partial charge in [-0.3, -0.25) is 5.32 Å². The fraction of sp³-hybridized carbons (Fsp3) is 0.800. The van der Waals surface area contributed by atoms with E-state index in [1.807, 2.05) is 13.8 Å². The summed E-state index contributed by atoms with van der Waals surface area (Å²) in [6.45, 7) is 8.60. The number of hydrogen-bond acceptors (Lipinski definition) is 6. The lowest BCUT2D eigenvalue weighted by Gasteiger charge is -2.36. The Morgan fingerprint density at radius 1 is 1.30 bits per heavy atom. The van der Waals surface area contributed by atoms with Crippen molar-refractivity contribution in [2.24, 2.45) is 16.7 Å². The molecule has 2 atom stereocenters. The molecule has 0 spiro atoms. The van der Waals surface area contributed by atoms with Crippen LogP contribution in [0.4, 0.5) is 9.93 Å². The number of amides is 2. The van der Waals surface area contributed by atoms with E-state index in [0.29, 0.717) is 24.1 Å². The Labute approximate surface area is 140 Å². The molecule has 0 aromatic carbocycles. The van der Waals surface area contributed by atoms with Crippen LogP contribution in [-0.4, -0.2) is 56.8 Å². The van der Waals surface area contributed by atoms with Gasteiger partial charge in [-0.15, -0.1) is 0 Å². The first-order valence-corrected chi connectivity index (χ1v) is 8.60. The molecule has 1 saturated heterocycles. The van der Waals surface area contributed by atoms with Gasteiger partial charge >= 0.3 is 6.03 Å². The zero-order valence-electron chi connectivity index (χ0n) is 14.2. The summed E-state index contributed by atoms with van der Waals surface area (Å²) >= 11 is 1.17. The zero-order valence-corrected chi connectivity index (χ0v) is 15.0. The first-order valence-electron chi connectivity index (χ1n) is 7.83. The van der Waals surface area contributed by atoms with Crippen LogP contribution in [0.15, 0.2) is 0 Å². The number of anilines is 1. The molecule has 2 heterocycles. The second-order valence-electron chi connectivity index (χ2n) is 7.34. The molecule has 3 N–H and O–H groups in total. The molecule has 1 aromatic rings. The van der Waals surface area contributed by atoms with Crippen molar-refractivity contribution in [3.63, 3.8) is 0 Å². The van der Waals surface area contributed by atoms with Gasteiger partial charge in [-0.1, -0.05) is 27.7 Å². The number of carbonyl (C=O) groups excluding carboxylic acids is 1. The van der Waals surface area contributed by atoms with Crippen molar-refractivity contribution < 1.29 is 15.0 Å². The van der Waals surface area contributed by atoms with Gasteiger partial charge in [0.05, 0.1) is 13.2 Å². The summed E-state index contributed by atoms with van der Waals surface area (Å²) in [6, 6.07) is -0.269. The van der Waals surface area contributed by atoms with Crippen LogP contribution < -0.4 is 5.32 Å². The van der Waals surface area contributed by atoms with E-state index in [4.69, 9.17) is 0 Å². The molecular formula is C15H26N4O3S. The number of likely N-dealkylation sites (tertiary alicyclic amines) is 1. The SMILES string of the molecule is CC(C)Cc1nsc(NC(=O)N2C[C@](C)(CO)[C@](C)(CO)C2)n1. The van der Waals surface area contributed by atoms with E-state index < -0.39 is 10.8 Å². The number of nitrogens with zero attached hydrogens (tertiary/aromatic N) is 3. The van der Waals surface area contributed by atoms with Crippen LogP contribution >= 0.6 is 11.5 Å². The minimum atomic E-state index is -0.525. The van der Waals surface area contributed by atoms with Gasteiger partial charge in [-0.05, 0) is 5.92 Å². The third-order valence-corrected chi connectivity index (χ3v) is 5.46. The largest absolute Gasteiger partial charge is 0.396 e. The smallest absolute Gasteiger partial charge is 0.323 e. The van der Waals surface area contributed by atoms with Crippen molar-refractivity contribution in [1.82, 2.24) is 14.3 Å². The van der Waals surface area contributed by atoms with E-state index in [0.717, 1.165) is 12.2 Å². The zero-order chi connectivity index (χ0) is 17.3. The molecular weight excluding hydrogens is 316 g/mol. The fourth-order valence-electron chi connectivity index (χ4n) is 2.83. The van der Waals surface area contributed by atoms with Gasteiger partial charge in [0, 0.05) is 41.9 Å². The maximum atomic E-state index is 12.4. The Morgan fingerprint density at radius 3 is 2.35 bits per heavy atom. The highest BCUT2D eigenvalue weighted by Gasteiger charge is 2.52. The number of aliphatic hydroxyl groups excluding tert-OH is 2. The third kappa shape index (κ3) is 3.64. The van der Waals surface area contributed by atoms with Crippen molar-refractivity contribution in [1.29, 1.82) is 0 Å². The van der Waals surface area contributed by atoms with Gasteiger partial charge in [0.2, 0.25) is 5.13 Å². The molecule has 7 nitrogen and oxygen atoms in total. The van der Waals surface area contributed by atoms with Gasteiger partial charge in [-0.2, -0.15) is 4.37 Å². The second-order valence-corrected chi connectivity index (χ2v) is 8.09. The van der Waals surface area contributed by atoms with E-state index >= 15 is 0 Å². The molecule has 1 aliphatic heterocycles. The lowest BCUT2D eigenvalue weighted by molar-refractivity contribution is 0.00976. The van der Waals surface area contributed by atoms with Crippen LogP contribution in [0.1, 0.15) is 33.5 Å². The van der Waals surface area contributed by atoms with Crippen molar-refractivity contribution in [2.45, 2.75) is 34.1 Å². The molecule has 23 heavy (non-hydrogen) atoms. The van der Waals surface area contributed by atoms with Crippen molar-refractivity contribution in [3.05, 3.63) is 5.82 Å². The maximum Gasteiger partial charge on any atom is 0.323 e. The predicted molar refractivity (Wildman–Crippen MR) is 89.4 cm³/mol. The highest BCUT2D eigenvalue weighted by atomic mass is 32.1. The Hall–Kier alpha value is -1.25. The van der Waals surface area contributed by atoms with E-state index in [9.17, 15) is 15.0 Å². The van der Waals surface area contributed by atoms with E-state index in [2.05, 4.69) is 28.5 Å². The number of hydrogen-bond donors (Lipinski definition) is 3. The summed E-state index contributed by atoms with van der Waals surface area (Å²) in [5.74, 6) is 1.20. The number of carbonyl (C=O) groups is 1. The quantitative estimate of drug-likeness (QED) is 0.754. The van der Waals surface area contributed by atoms with Gasteiger partial charge in [-0.25, -0.2) is 9.78 Å².